The Kier molecular flexibility index (Phi) is 8.37. The van der Waals surface area contributed by atoms with Gasteiger partial charge < -0.3 is 9.47 Å². The van der Waals surface area contributed by atoms with E-state index in [0.29, 0.717) is 38.1 Å². The van der Waals surface area contributed by atoms with Crippen LogP contribution in [0.5, 0.6) is 11.5 Å². The Hall–Kier alpha value is -3.44. The minimum Gasteiger partial charge on any atom is -0.490 e. The molecule has 0 N–H and O–H groups in total. The van der Waals surface area contributed by atoms with Crippen LogP contribution >= 0.6 is 31.9 Å². The first-order valence-electron chi connectivity index (χ1n) is 11.3. The van der Waals surface area contributed by atoms with Crippen LogP contribution in [-0.2, 0) is 6.18 Å². The number of nitrogens with zero attached hydrogens (tertiary/aromatic N) is 3. The van der Waals surface area contributed by atoms with Crippen LogP contribution in [0.25, 0.3) is 22.3 Å². The van der Waals surface area contributed by atoms with Crippen LogP contribution in [0.2, 0.25) is 0 Å². The van der Waals surface area contributed by atoms with Gasteiger partial charge in [0.2, 0.25) is 0 Å². The summed E-state index contributed by atoms with van der Waals surface area (Å²) in [5, 5.41) is 4.63. The predicted octanol–water partition coefficient (Wildman–Crippen LogP) is 7.45. The zero-order valence-corrected chi connectivity index (χ0v) is 23.1. The predicted molar refractivity (Wildman–Crippen MR) is 148 cm³/mol. The molecule has 1 aromatic heterocycles. The molecule has 0 bridgehead atoms. The first-order chi connectivity index (χ1) is 18.2. The number of fused-ring (bicyclic) bond motifs is 1. The van der Waals surface area contributed by atoms with Crippen molar-refractivity contribution in [1.82, 2.24) is 9.66 Å². The Bertz CT molecular complexity index is 1600. The third kappa shape index (κ3) is 5.68. The van der Waals surface area contributed by atoms with Gasteiger partial charge in [-0.1, -0.05) is 36.9 Å². The summed E-state index contributed by atoms with van der Waals surface area (Å²) in [7, 11) is 0. The fraction of sp³-hybridized carbons (Fsp3) is 0.148. The highest BCUT2D eigenvalue weighted by Gasteiger charge is 2.31. The van der Waals surface area contributed by atoms with Gasteiger partial charge in [-0.2, -0.15) is 22.9 Å². The van der Waals surface area contributed by atoms with Crippen LogP contribution in [0.15, 0.2) is 86.1 Å². The van der Waals surface area contributed by atoms with Gasteiger partial charge in [0.1, 0.15) is 6.61 Å². The Balaban J connectivity index is 1.91. The van der Waals surface area contributed by atoms with E-state index in [1.165, 1.54) is 18.3 Å². The summed E-state index contributed by atoms with van der Waals surface area (Å²) in [6, 6.07) is 12.8. The smallest absolute Gasteiger partial charge is 0.416 e. The number of rotatable bonds is 8. The van der Waals surface area contributed by atoms with Crippen molar-refractivity contribution in [2.24, 2.45) is 5.10 Å². The Labute approximate surface area is 232 Å². The van der Waals surface area contributed by atoms with Crippen LogP contribution in [-0.4, -0.2) is 29.1 Å². The number of para-hydroxylation sites is 1. The second-order valence-electron chi connectivity index (χ2n) is 7.85. The summed E-state index contributed by atoms with van der Waals surface area (Å²) in [4.78, 5) is 17.9. The average Bonchev–Trinajstić information content (AvgIpc) is 2.90. The van der Waals surface area contributed by atoms with Gasteiger partial charge >= 0.3 is 6.18 Å². The first kappa shape index (κ1) is 27.6. The molecule has 0 aliphatic heterocycles. The molecule has 0 radical (unpaired) electrons. The summed E-state index contributed by atoms with van der Waals surface area (Å²) in [6.07, 6.45) is -1.58. The lowest BCUT2D eigenvalue weighted by Crippen LogP contribution is -2.20. The van der Waals surface area contributed by atoms with E-state index in [2.05, 4.69) is 48.5 Å². The molecule has 4 aromatic rings. The summed E-state index contributed by atoms with van der Waals surface area (Å²) in [5.41, 5.74) is -0.464. The number of aromatic nitrogens is 2. The number of ether oxygens (including phenoxy) is 2. The molecule has 0 aliphatic rings. The first-order valence-corrected chi connectivity index (χ1v) is 12.9. The molecule has 0 spiro atoms. The van der Waals surface area contributed by atoms with Crippen molar-refractivity contribution < 1.29 is 22.6 Å². The summed E-state index contributed by atoms with van der Waals surface area (Å²) < 4.78 is 53.8. The second-order valence-corrected chi connectivity index (χ2v) is 9.43. The third-order valence-electron chi connectivity index (χ3n) is 5.32. The van der Waals surface area contributed by atoms with Crippen LogP contribution in [0.3, 0.4) is 0 Å². The monoisotopic (exact) mass is 649 g/mol. The molecular formula is C27H20Br2F3N3O3. The number of halogens is 5. The minimum atomic E-state index is -4.57. The third-order valence-corrected chi connectivity index (χ3v) is 7.46. The van der Waals surface area contributed by atoms with Crippen molar-refractivity contribution in [3.05, 3.63) is 97.7 Å². The van der Waals surface area contributed by atoms with E-state index in [9.17, 15) is 18.0 Å². The lowest BCUT2D eigenvalue weighted by atomic mass is 10.1. The maximum atomic E-state index is 13.4. The highest BCUT2D eigenvalue weighted by atomic mass is 79.9. The fourth-order valence-electron chi connectivity index (χ4n) is 3.61. The van der Waals surface area contributed by atoms with Crippen LogP contribution in [0.1, 0.15) is 18.1 Å². The van der Waals surface area contributed by atoms with E-state index in [-0.39, 0.29) is 23.4 Å². The number of alkyl halides is 3. The van der Waals surface area contributed by atoms with Gasteiger partial charge in [-0.15, -0.1) is 0 Å². The van der Waals surface area contributed by atoms with Crippen LogP contribution in [0.4, 0.5) is 13.2 Å². The van der Waals surface area contributed by atoms with Crippen molar-refractivity contribution in [3.63, 3.8) is 0 Å². The van der Waals surface area contributed by atoms with Gasteiger partial charge in [-0.3, -0.25) is 4.79 Å². The van der Waals surface area contributed by atoms with E-state index >= 15 is 0 Å². The zero-order chi connectivity index (χ0) is 27.4. The number of hydrogen-bond acceptors (Lipinski definition) is 5. The molecule has 4 rings (SSSR count). The van der Waals surface area contributed by atoms with E-state index in [4.69, 9.17) is 9.47 Å². The highest BCUT2D eigenvalue weighted by Crippen LogP contribution is 2.42. The molecule has 0 aliphatic carbocycles. The van der Waals surface area contributed by atoms with Gasteiger partial charge in [-0.05, 0) is 69.1 Å². The summed E-state index contributed by atoms with van der Waals surface area (Å²) >= 11 is 7.01. The molecule has 0 saturated heterocycles. The maximum absolute atomic E-state index is 13.4. The fourth-order valence-corrected chi connectivity index (χ4v) is 4.55. The SMILES string of the molecule is C=CCOc1c(OCC)cc(C=Nn2c(-c3cccc(C(F)(F)F)c3)nc3ccccc3c2=O)c(Br)c1Br. The molecule has 3 aromatic carbocycles. The molecule has 0 saturated carbocycles. The Morgan fingerprint density at radius 2 is 1.84 bits per heavy atom. The lowest BCUT2D eigenvalue weighted by molar-refractivity contribution is -0.137. The molecule has 38 heavy (non-hydrogen) atoms. The standard InChI is InChI=1S/C27H20Br2F3N3O3/c1-3-12-38-24-21(37-4-2)14-17(22(28)23(24)29)15-33-35-25(16-8-7-9-18(13-16)27(30,31)32)34-20-11-6-5-10-19(20)26(35)36/h3,5-11,13-15H,1,4,12H2,2H3. The summed E-state index contributed by atoms with van der Waals surface area (Å²) in [5.74, 6) is 0.833. The average molecular weight is 651 g/mol. The molecule has 1 heterocycles. The van der Waals surface area contributed by atoms with Gasteiger partial charge in [-0.25, -0.2) is 4.98 Å². The van der Waals surface area contributed by atoms with Gasteiger partial charge in [0.05, 0.1) is 33.8 Å². The molecule has 0 amide bonds. The zero-order valence-electron chi connectivity index (χ0n) is 19.9. The quantitative estimate of drug-likeness (QED) is 0.147. The molecular weight excluding hydrogens is 631 g/mol. The Morgan fingerprint density at radius 3 is 2.55 bits per heavy atom. The molecule has 196 valence electrons. The van der Waals surface area contributed by atoms with Gasteiger partial charge in [0, 0.05) is 15.6 Å². The van der Waals surface area contributed by atoms with E-state index in [0.717, 1.165) is 16.8 Å². The molecule has 0 atom stereocenters. The Morgan fingerprint density at radius 1 is 1.08 bits per heavy atom. The van der Waals surface area contributed by atoms with Crippen molar-refractivity contribution in [2.75, 3.05) is 13.2 Å². The van der Waals surface area contributed by atoms with E-state index in [1.54, 1.807) is 36.4 Å². The van der Waals surface area contributed by atoms with Crippen LogP contribution in [0, 0.1) is 0 Å². The minimum absolute atomic E-state index is 0.0396. The topological polar surface area (TPSA) is 65.7 Å². The van der Waals surface area contributed by atoms with Gasteiger partial charge in [0.15, 0.2) is 17.3 Å². The summed E-state index contributed by atoms with van der Waals surface area (Å²) in [6.45, 7) is 6.08. The van der Waals surface area contributed by atoms with Crippen molar-refractivity contribution in [3.8, 4) is 22.9 Å². The van der Waals surface area contributed by atoms with Crippen molar-refractivity contribution in [1.29, 1.82) is 0 Å². The molecule has 6 nitrogen and oxygen atoms in total. The molecule has 0 fully saturated rings. The lowest BCUT2D eigenvalue weighted by Gasteiger charge is -2.15. The number of hydrogen-bond donors (Lipinski definition) is 0. The van der Waals surface area contributed by atoms with E-state index in [1.807, 2.05) is 6.92 Å². The van der Waals surface area contributed by atoms with Crippen LogP contribution < -0.4 is 15.0 Å². The largest absolute Gasteiger partial charge is 0.490 e. The second kappa shape index (κ2) is 11.5. The normalized spacial score (nSPS) is 11.7. The number of benzene rings is 3. The van der Waals surface area contributed by atoms with E-state index < -0.39 is 17.3 Å². The molecule has 0 unspecified atom stereocenters. The molecule has 11 heteroatoms. The highest BCUT2D eigenvalue weighted by molar-refractivity contribution is 9.13. The maximum Gasteiger partial charge on any atom is 0.416 e. The van der Waals surface area contributed by atoms with Gasteiger partial charge in [0.25, 0.3) is 5.56 Å². The van der Waals surface area contributed by atoms with Crippen molar-refractivity contribution >= 4 is 49.0 Å². The van der Waals surface area contributed by atoms with Crippen molar-refractivity contribution in [2.45, 2.75) is 13.1 Å².